The first kappa shape index (κ1) is 19.0. The molecule has 2 heterocycles. The molecule has 0 saturated carbocycles. The Kier molecular flexibility index (Phi) is 7.13. The summed E-state index contributed by atoms with van der Waals surface area (Å²) < 4.78 is 9.73. The van der Waals surface area contributed by atoms with E-state index in [9.17, 15) is 0 Å². The summed E-state index contributed by atoms with van der Waals surface area (Å²) in [5, 5.41) is 4.42. The number of benzene rings is 1. The Labute approximate surface area is 160 Å². The third-order valence-electron chi connectivity index (χ3n) is 4.61. The zero-order valence-corrected chi connectivity index (χ0v) is 16.1. The fraction of sp³-hybridized carbons (Fsp3) is 0.474. The minimum Gasteiger partial charge on any atom is -0.383 e. The minimum absolute atomic E-state index is 0.648. The van der Waals surface area contributed by atoms with E-state index in [1.54, 1.807) is 13.4 Å². The molecule has 0 unspecified atom stereocenters. The van der Waals surface area contributed by atoms with Crippen molar-refractivity contribution in [2.75, 3.05) is 46.4 Å². The van der Waals surface area contributed by atoms with Gasteiger partial charge in [-0.2, -0.15) is 5.10 Å². The van der Waals surface area contributed by atoms with E-state index in [1.165, 1.54) is 5.56 Å². The van der Waals surface area contributed by atoms with Crippen LogP contribution in [0.3, 0.4) is 0 Å². The maximum absolute atomic E-state index is 5.50. The Hall–Kier alpha value is -1.80. The van der Waals surface area contributed by atoms with Crippen LogP contribution in [0, 0.1) is 4.77 Å². The highest BCUT2D eigenvalue weighted by Gasteiger charge is 2.16. The fourth-order valence-corrected chi connectivity index (χ4v) is 3.26. The first-order valence-corrected chi connectivity index (χ1v) is 9.44. The molecule has 1 fully saturated rings. The molecule has 0 aliphatic carbocycles. The minimum atomic E-state index is 0.648. The molecule has 0 amide bonds. The van der Waals surface area contributed by atoms with Crippen LogP contribution in [0.15, 0.2) is 42.7 Å². The highest BCUT2D eigenvalue weighted by molar-refractivity contribution is 7.71. The number of ether oxygens (including phenoxy) is 1. The van der Waals surface area contributed by atoms with E-state index in [-0.39, 0.29) is 0 Å². The van der Waals surface area contributed by atoms with E-state index in [0.29, 0.717) is 6.61 Å². The number of aromatic nitrogens is 3. The van der Waals surface area contributed by atoms with Crippen LogP contribution in [-0.2, 0) is 18.0 Å². The van der Waals surface area contributed by atoms with Crippen molar-refractivity contribution in [3.05, 3.63) is 53.1 Å². The molecule has 1 aromatic heterocycles. The van der Waals surface area contributed by atoms with Crippen LogP contribution in [0.4, 0.5) is 0 Å². The lowest BCUT2D eigenvalue weighted by Crippen LogP contribution is -2.46. The fourth-order valence-electron chi connectivity index (χ4n) is 3.02. The predicted molar refractivity (Wildman–Crippen MR) is 106 cm³/mol. The lowest BCUT2D eigenvalue weighted by molar-refractivity contribution is 0.110. The second kappa shape index (κ2) is 9.78. The van der Waals surface area contributed by atoms with Gasteiger partial charge in [0.2, 0.25) is 0 Å². The quantitative estimate of drug-likeness (QED) is 0.664. The molecule has 0 radical (unpaired) electrons. The van der Waals surface area contributed by atoms with Crippen molar-refractivity contribution >= 4 is 18.3 Å². The number of rotatable bonds is 8. The highest BCUT2D eigenvalue weighted by Crippen LogP contribution is 2.06. The largest absolute Gasteiger partial charge is 0.383 e. The van der Waals surface area contributed by atoms with Gasteiger partial charge in [0, 0.05) is 46.4 Å². The molecule has 26 heavy (non-hydrogen) atoms. The topological polar surface area (TPSA) is 38.5 Å². The van der Waals surface area contributed by atoms with E-state index in [2.05, 4.69) is 51.3 Å². The average molecular weight is 374 g/mol. The summed E-state index contributed by atoms with van der Waals surface area (Å²) in [5.41, 5.74) is 1.25. The van der Waals surface area contributed by atoms with Gasteiger partial charge >= 0.3 is 0 Å². The van der Waals surface area contributed by atoms with Gasteiger partial charge in [-0.1, -0.05) is 42.5 Å². The monoisotopic (exact) mass is 373 g/mol. The van der Waals surface area contributed by atoms with Gasteiger partial charge in [-0.05, 0) is 17.8 Å². The number of methoxy groups -OCH3 is 1. The van der Waals surface area contributed by atoms with Crippen LogP contribution in [-0.4, -0.2) is 70.6 Å². The van der Waals surface area contributed by atoms with Gasteiger partial charge in [-0.15, -0.1) is 0 Å². The molecular formula is C19H27N5OS. The van der Waals surface area contributed by atoms with Crippen LogP contribution in [0.1, 0.15) is 5.56 Å². The van der Waals surface area contributed by atoms with Crippen LogP contribution >= 0.6 is 12.2 Å². The summed E-state index contributed by atoms with van der Waals surface area (Å²) in [6.45, 7) is 7.35. The Morgan fingerprint density at radius 3 is 2.58 bits per heavy atom. The second-order valence-electron chi connectivity index (χ2n) is 6.47. The van der Waals surface area contributed by atoms with Gasteiger partial charge in [0.05, 0.1) is 13.3 Å². The zero-order chi connectivity index (χ0) is 18.2. The second-order valence-corrected chi connectivity index (χ2v) is 6.84. The Morgan fingerprint density at radius 2 is 1.85 bits per heavy atom. The van der Waals surface area contributed by atoms with Crippen molar-refractivity contribution in [2.45, 2.75) is 13.2 Å². The number of piperazine rings is 1. The normalized spacial score (nSPS) is 16.5. The molecular weight excluding hydrogens is 346 g/mol. The van der Waals surface area contributed by atoms with E-state index < -0.39 is 0 Å². The standard InChI is InChI=1S/C19H27N5OS/c1-25-15-14-23-16-20-24(19(23)26)17-22-12-10-21(11-13-22)9-5-8-18-6-3-2-4-7-18/h2-8,16H,9-15,17H2,1H3/b8-5+. The molecule has 0 bridgehead atoms. The highest BCUT2D eigenvalue weighted by atomic mass is 32.1. The zero-order valence-electron chi connectivity index (χ0n) is 15.3. The maximum atomic E-state index is 5.50. The van der Waals surface area contributed by atoms with Crippen LogP contribution < -0.4 is 0 Å². The van der Waals surface area contributed by atoms with E-state index in [4.69, 9.17) is 17.0 Å². The van der Waals surface area contributed by atoms with Crippen LogP contribution in [0.25, 0.3) is 6.08 Å². The summed E-state index contributed by atoms with van der Waals surface area (Å²) in [5.74, 6) is 0. The Morgan fingerprint density at radius 1 is 1.12 bits per heavy atom. The first-order valence-electron chi connectivity index (χ1n) is 9.04. The molecule has 6 nitrogen and oxygen atoms in total. The van der Waals surface area contributed by atoms with Gasteiger partial charge in [-0.25, -0.2) is 4.68 Å². The summed E-state index contributed by atoms with van der Waals surface area (Å²) in [6, 6.07) is 10.4. The van der Waals surface area contributed by atoms with Gasteiger partial charge < -0.3 is 9.30 Å². The summed E-state index contributed by atoms with van der Waals surface area (Å²) in [6.07, 6.45) is 6.24. The van der Waals surface area contributed by atoms with E-state index >= 15 is 0 Å². The molecule has 0 spiro atoms. The molecule has 1 saturated heterocycles. The van der Waals surface area contributed by atoms with Crippen molar-refractivity contribution in [1.82, 2.24) is 24.1 Å². The lowest BCUT2D eigenvalue weighted by atomic mass is 10.2. The van der Waals surface area contributed by atoms with E-state index in [0.717, 1.165) is 50.7 Å². The summed E-state index contributed by atoms with van der Waals surface area (Å²) in [7, 11) is 1.70. The molecule has 140 valence electrons. The third-order valence-corrected chi connectivity index (χ3v) is 5.05. The van der Waals surface area contributed by atoms with Gasteiger partial charge in [0.1, 0.15) is 6.33 Å². The molecule has 3 rings (SSSR count). The van der Waals surface area contributed by atoms with Crippen molar-refractivity contribution in [2.24, 2.45) is 0 Å². The van der Waals surface area contributed by atoms with Crippen molar-refractivity contribution in [3.63, 3.8) is 0 Å². The summed E-state index contributed by atoms with van der Waals surface area (Å²) >= 11 is 5.50. The number of nitrogens with zero attached hydrogens (tertiary/aromatic N) is 5. The average Bonchev–Trinajstić information content (AvgIpc) is 3.02. The smallest absolute Gasteiger partial charge is 0.198 e. The maximum Gasteiger partial charge on any atom is 0.198 e. The molecule has 1 aliphatic heterocycles. The number of hydrogen-bond acceptors (Lipinski definition) is 5. The molecule has 2 aromatic rings. The predicted octanol–water partition coefficient (Wildman–Crippen LogP) is 2.35. The van der Waals surface area contributed by atoms with Crippen LogP contribution in [0.5, 0.6) is 0 Å². The lowest BCUT2D eigenvalue weighted by Gasteiger charge is -2.33. The molecule has 1 aliphatic rings. The van der Waals surface area contributed by atoms with Gasteiger partial charge in [0.25, 0.3) is 0 Å². The summed E-state index contributed by atoms with van der Waals surface area (Å²) in [4.78, 5) is 4.88. The van der Waals surface area contributed by atoms with Crippen LogP contribution in [0.2, 0.25) is 0 Å². The molecule has 1 aromatic carbocycles. The first-order chi connectivity index (χ1) is 12.8. The van der Waals surface area contributed by atoms with Crippen molar-refractivity contribution in [3.8, 4) is 0 Å². The SMILES string of the molecule is COCCn1cnn(CN2CCN(C/C=C/c3ccccc3)CC2)c1=S. The number of hydrogen-bond donors (Lipinski definition) is 0. The Balaban J connectivity index is 1.43. The van der Waals surface area contributed by atoms with Crippen molar-refractivity contribution in [1.29, 1.82) is 0 Å². The van der Waals surface area contributed by atoms with Gasteiger partial charge in [-0.3, -0.25) is 9.80 Å². The van der Waals surface area contributed by atoms with Gasteiger partial charge in [0.15, 0.2) is 4.77 Å². The van der Waals surface area contributed by atoms with Crippen molar-refractivity contribution < 1.29 is 4.74 Å². The molecule has 7 heteroatoms. The third kappa shape index (κ3) is 5.35. The molecule has 0 atom stereocenters. The molecule has 0 N–H and O–H groups in total. The Bertz CT molecular complexity index is 747. The van der Waals surface area contributed by atoms with E-state index in [1.807, 2.05) is 15.3 Å².